The normalized spacial score (nSPS) is 11.0. The molecule has 0 spiro atoms. The first-order valence-corrected chi connectivity index (χ1v) is 7.64. The fourth-order valence-corrected chi connectivity index (χ4v) is 2.61. The predicted octanol–water partition coefficient (Wildman–Crippen LogP) is 3.32. The zero-order chi connectivity index (χ0) is 15.0. The number of pyridine rings is 1. The molecule has 0 atom stereocenters. The molecule has 0 fully saturated rings. The lowest BCUT2D eigenvalue weighted by molar-refractivity contribution is 0.921. The molecule has 3 aromatic rings. The summed E-state index contributed by atoms with van der Waals surface area (Å²) in [5, 5.41) is 0. The third-order valence-electron chi connectivity index (χ3n) is 3.20. The van der Waals surface area contributed by atoms with E-state index in [1.165, 1.54) is 0 Å². The summed E-state index contributed by atoms with van der Waals surface area (Å²) in [5.74, 6) is 1.62. The Morgan fingerprint density at radius 1 is 1.24 bits per heavy atom. The number of rotatable bonds is 3. The highest BCUT2D eigenvalue weighted by molar-refractivity contribution is 9.10. The van der Waals surface area contributed by atoms with Gasteiger partial charge in [0.2, 0.25) is 0 Å². The summed E-state index contributed by atoms with van der Waals surface area (Å²) >= 11 is 8.51. The summed E-state index contributed by atoms with van der Waals surface area (Å²) in [6.07, 6.45) is 0.445. The molecular weight excluding hydrogens is 348 g/mol. The van der Waals surface area contributed by atoms with Gasteiger partial charge in [0.15, 0.2) is 0 Å². The Kier molecular flexibility index (Phi) is 3.73. The quantitative estimate of drug-likeness (QED) is 0.727. The van der Waals surface area contributed by atoms with Crippen molar-refractivity contribution in [3.05, 3.63) is 52.4 Å². The summed E-state index contributed by atoms with van der Waals surface area (Å²) in [6, 6.07) is 11.9. The van der Waals surface area contributed by atoms with Crippen LogP contribution < -0.4 is 5.73 Å². The average molecular weight is 361 g/mol. The summed E-state index contributed by atoms with van der Waals surface area (Å²) in [6.45, 7) is 1.96. The van der Waals surface area contributed by atoms with Gasteiger partial charge in [0.25, 0.3) is 0 Å². The van der Waals surface area contributed by atoms with Crippen molar-refractivity contribution in [2.75, 3.05) is 0 Å². The number of benzene rings is 1. The van der Waals surface area contributed by atoms with Gasteiger partial charge in [0.05, 0.1) is 28.1 Å². The topological polar surface area (TPSA) is 56.7 Å². The monoisotopic (exact) mass is 360 g/mol. The predicted molar refractivity (Wildman–Crippen MR) is 91.8 cm³/mol. The minimum Gasteiger partial charge on any atom is -0.393 e. The van der Waals surface area contributed by atoms with Crippen LogP contribution in [0.3, 0.4) is 0 Å². The van der Waals surface area contributed by atoms with Crippen molar-refractivity contribution in [3.63, 3.8) is 0 Å². The first-order chi connectivity index (χ1) is 10.1. The summed E-state index contributed by atoms with van der Waals surface area (Å²) in [4.78, 5) is 9.67. The molecule has 0 aliphatic carbocycles. The van der Waals surface area contributed by atoms with Gasteiger partial charge in [-0.05, 0) is 47.1 Å². The standard InChI is InChI=1S/C15H13BrN4S/c1-9-10(16)6-7-14(18-9)20-12-5-3-2-4-11(12)19-15(20)8-13(17)21/h2-7H,8H2,1H3,(H2,17,21). The minimum atomic E-state index is 0.417. The van der Waals surface area contributed by atoms with Crippen LogP contribution >= 0.6 is 28.1 Å². The third kappa shape index (κ3) is 2.69. The molecule has 0 aliphatic heterocycles. The van der Waals surface area contributed by atoms with Gasteiger partial charge in [-0.1, -0.05) is 24.4 Å². The van der Waals surface area contributed by atoms with Crippen LogP contribution in [0, 0.1) is 6.92 Å². The molecule has 2 aromatic heterocycles. The van der Waals surface area contributed by atoms with Crippen molar-refractivity contribution in [2.45, 2.75) is 13.3 Å². The number of imidazole rings is 1. The maximum atomic E-state index is 5.70. The fraction of sp³-hybridized carbons (Fsp3) is 0.133. The second-order valence-electron chi connectivity index (χ2n) is 4.73. The second-order valence-corrected chi connectivity index (χ2v) is 6.11. The minimum absolute atomic E-state index is 0.417. The van der Waals surface area contributed by atoms with E-state index in [1.807, 2.05) is 47.9 Å². The Labute approximate surface area is 136 Å². The van der Waals surface area contributed by atoms with Crippen LogP contribution in [0.2, 0.25) is 0 Å². The molecule has 0 bridgehead atoms. The number of halogens is 1. The Morgan fingerprint density at radius 3 is 2.71 bits per heavy atom. The van der Waals surface area contributed by atoms with E-state index >= 15 is 0 Å². The summed E-state index contributed by atoms with van der Waals surface area (Å²) in [7, 11) is 0. The van der Waals surface area contributed by atoms with Crippen molar-refractivity contribution in [2.24, 2.45) is 5.73 Å². The Bertz CT molecular complexity index is 841. The number of nitrogens with zero attached hydrogens (tertiary/aromatic N) is 3. The van der Waals surface area contributed by atoms with E-state index in [-0.39, 0.29) is 0 Å². The SMILES string of the molecule is Cc1nc(-n2c(CC(N)=S)nc3ccccc32)ccc1Br. The molecular formula is C15H13BrN4S. The number of para-hydroxylation sites is 2. The number of aryl methyl sites for hydroxylation is 1. The van der Waals surface area contributed by atoms with E-state index in [0.29, 0.717) is 11.4 Å². The molecule has 0 saturated heterocycles. The van der Waals surface area contributed by atoms with Crippen molar-refractivity contribution < 1.29 is 0 Å². The largest absolute Gasteiger partial charge is 0.393 e. The number of nitrogens with two attached hydrogens (primary N) is 1. The molecule has 0 unspecified atom stereocenters. The smallest absolute Gasteiger partial charge is 0.138 e. The Balaban J connectivity index is 2.27. The Morgan fingerprint density at radius 2 is 2.00 bits per heavy atom. The van der Waals surface area contributed by atoms with Gasteiger partial charge in [0.1, 0.15) is 11.6 Å². The molecule has 1 aromatic carbocycles. The molecule has 6 heteroatoms. The highest BCUT2D eigenvalue weighted by Gasteiger charge is 2.14. The van der Waals surface area contributed by atoms with Gasteiger partial charge in [-0.3, -0.25) is 4.57 Å². The molecule has 2 heterocycles. The molecule has 21 heavy (non-hydrogen) atoms. The molecule has 0 saturated carbocycles. The van der Waals surface area contributed by atoms with E-state index in [1.54, 1.807) is 0 Å². The third-order valence-corrected chi connectivity index (χ3v) is 4.18. The number of aromatic nitrogens is 3. The molecule has 4 nitrogen and oxygen atoms in total. The van der Waals surface area contributed by atoms with Gasteiger partial charge in [-0.15, -0.1) is 0 Å². The summed E-state index contributed by atoms with van der Waals surface area (Å²) < 4.78 is 2.99. The fourth-order valence-electron chi connectivity index (χ4n) is 2.26. The number of thiocarbonyl (C=S) groups is 1. The first-order valence-electron chi connectivity index (χ1n) is 6.44. The number of fused-ring (bicyclic) bond motifs is 1. The first kappa shape index (κ1) is 14.2. The second kappa shape index (κ2) is 5.54. The highest BCUT2D eigenvalue weighted by atomic mass is 79.9. The van der Waals surface area contributed by atoms with Crippen LogP contribution in [0.25, 0.3) is 16.9 Å². The number of hydrogen-bond acceptors (Lipinski definition) is 3. The van der Waals surface area contributed by atoms with Crippen LogP contribution in [0.1, 0.15) is 11.5 Å². The summed E-state index contributed by atoms with van der Waals surface area (Å²) in [5.41, 5.74) is 8.53. The molecule has 2 N–H and O–H groups in total. The molecule has 3 rings (SSSR count). The molecule has 106 valence electrons. The molecule has 0 radical (unpaired) electrons. The van der Waals surface area contributed by atoms with Crippen molar-refractivity contribution in [1.82, 2.24) is 14.5 Å². The zero-order valence-electron chi connectivity index (χ0n) is 11.4. The zero-order valence-corrected chi connectivity index (χ0v) is 13.8. The average Bonchev–Trinajstić information content (AvgIpc) is 2.79. The molecule has 0 aliphatic rings. The van der Waals surface area contributed by atoms with Crippen LogP contribution in [0.15, 0.2) is 40.9 Å². The van der Waals surface area contributed by atoms with E-state index in [9.17, 15) is 0 Å². The van der Waals surface area contributed by atoms with E-state index < -0.39 is 0 Å². The lowest BCUT2D eigenvalue weighted by Crippen LogP contribution is -2.15. The van der Waals surface area contributed by atoms with Crippen LogP contribution in [0.5, 0.6) is 0 Å². The Hall–Kier alpha value is -1.79. The van der Waals surface area contributed by atoms with Crippen LogP contribution in [0.4, 0.5) is 0 Å². The number of hydrogen-bond donors (Lipinski definition) is 1. The van der Waals surface area contributed by atoms with Crippen molar-refractivity contribution in [3.8, 4) is 5.82 Å². The van der Waals surface area contributed by atoms with Gasteiger partial charge in [-0.25, -0.2) is 9.97 Å². The van der Waals surface area contributed by atoms with Crippen molar-refractivity contribution in [1.29, 1.82) is 0 Å². The van der Waals surface area contributed by atoms with Gasteiger partial charge in [-0.2, -0.15) is 0 Å². The lowest BCUT2D eigenvalue weighted by atomic mass is 10.3. The maximum absolute atomic E-state index is 5.70. The van der Waals surface area contributed by atoms with Gasteiger partial charge in [0, 0.05) is 4.47 Å². The van der Waals surface area contributed by atoms with E-state index in [4.69, 9.17) is 18.0 Å². The maximum Gasteiger partial charge on any atom is 0.138 e. The van der Waals surface area contributed by atoms with Crippen LogP contribution in [-0.2, 0) is 6.42 Å². The van der Waals surface area contributed by atoms with Gasteiger partial charge >= 0.3 is 0 Å². The molecule has 0 amide bonds. The van der Waals surface area contributed by atoms with Gasteiger partial charge < -0.3 is 5.73 Å². The van der Waals surface area contributed by atoms with E-state index in [2.05, 4.69) is 25.9 Å². The van der Waals surface area contributed by atoms with Crippen molar-refractivity contribution >= 4 is 44.2 Å². The van der Waals surface area contributed by atoms with E-state index in [0.717, 1.165) is 32.8 Å². The van der Waals surface area contributed by atoms with Crippen LogP contribution in [-0.4, -0.2) is 19.5 Å². The highest BCUT2D eigenvalue weighted by Crippen LogP contribution is 2.23. The lowest BCUT2D eigenvalue weighted by Gasteiger charge is -2.09.